The second kappa shape index (κ2) is 5.95. The molecule has 1 nitrogen and oxygen atoms in total. The summed E-state index contributed by atoms with van der Waals surface area (Å²) in [5, 5.41) is 1.66. The van der Waals surface area contributed by atoms with E-state index in [1.807, 2.05) is 23.9 Å². The highest BCUT2D eigenvalue weighted by atomic mass is 35.5. The molecule has 0 spiro atoms. The third-order valence-corrected chi connectivity index (χ3v) is 4.86. The maximum absolute atomic E-state index is 6.22. The minimum absolute atomic E-state index is 0.669. The molecular weight excluding hydrogens is 238 g/mol. The van der Waals surface area contributed by atoms with Gasteiger partial charge in [-0.15, -0.1) is 11.8 Å². The first-order valence-corrected chi connectivity index (χ1v) is 7.21. The van der Waals surface area contributed by atoms with Crippen LogP contribution in [0.15, 0.2) is 23.1 Å². The molecule has 1 fully saturated rings. The van der Waals surface area contributed by atoms with Crippen LogP contribution in [0.1, 0.15) is 31.2 Å². The van der Waals surface area contributed by atoms with Crippen LogP contribution in [-0.4, -0.2) is 11.8 Å². The maximum atomic E-state index is 6.22. The lowest BCUT2D eigenvalue weighted by molar-refractivity contribution is 0.886. The average Bonchev–Trinajstić information content (AvgIpc) is 2.76. The Morgan fingerprint density at radius 2 is 2.06 bits per heavy atom. The van der Waals surface area contributed by atoms with Gasteiger partial charge in [0.1, 0.15) is 0 Å². The zero-order valence-electron chi connectivity index (χ0n) is 9.42. The molecular formula is C13H18ClNS. The summed E-state index contributed by atoms with van der Waals surface area (Å²) in [5.41, 5.74) is 6.88. The molecule has 16 heavy (non-hydrogen) atoms. The highest BCUT2D eigenvalue weighted by Gasteiger charge is 2.18. The van der Waals surface area contributed by atoms with Crippen molar-refractivity contribution in [3.8, 4) is 0 Å². The van der Waals surface area contributed by atoms with E-state index in [0.717, 1.165) is 16.7 Å². The Kier molecular flexibility index (Phi) is 4.56. The van der Waals surface area contributed by atoms with E-state index in [4.69, 9.17) is 17.3 Å². The molecule has 88 valence electrons. The second-order valence-corrected chi connectivity index (χ2v) is 6.03. The van der Waals surface area contributed by atoms with E-state index in [1.165, 1.54) is 36.1 Å². The zero-order chi connectivity index (χ0) is 11.4. The molecule has 0 bridgehead atoms. The first-order valence-electron chi connectivity index (χ1n) is 5.95. The Morgan fingerprint density at radius 3 is 2.75 bits per heavy atom. The number of benzene rings is 1. The fourth-order valence-corrected chi connectivity index (χ4v) is 3.99. The maximum Gasteiger partial charge on any atom is 0.0449 e. The van der Waals surface area contributed by atoms with Crippen molar-refractivity contribution >= 4 is 23.4 Å². The molecule has 0 saturated heterocycles. The van der Waals surface area contributed by atoms with Gasteiger partial charge in [0.15, 0.2) is 0 Å². The normalized spacial score (nSPS) is 16.9. The van der Waals surface area contributed by atoms with E-state index in [9.17, 15) is 0 Å². The summed E-state index contributed by atoms with van der Waals surface area (Å²) in [4.78, 5) is 1.34. The monoisotopic (exact) mass is 255 g/mol. The van der Waals surface area contributed by atoms with Crippen LogP contribution in [0.4, 0.5) is 0 Å². The van der Waals surface area contributed by atoms with Crippen molar-refractivity contribution in [2.75, 3.05) is 6.54 Å². The van der Waals surface area contributed by atoms with Gasteiger partial charge in [-0.3, -0.25) is 0 Å². The number of hydrogen-bond donors (Lipinski definition) is 1. The van der Waals surface area contributed by atoms with Crippen LogP contribution >= 0.6 is 23.4 Å². The van der Waals surface area contributed by atoms with Gasteiger partial charge in [0.2, 0.25) is 0 Å². The van der Waals surface area contributed by atoms with Crippen molar-refractivity contribution < 1.29 is 0 Å². The van der Waals surface area contributed by atoms with Crippen LogP contribution in [0.2, 0.25) is 5.02 Å². The topological polar surface area (TPSA) is 26.0 Å². The van der Waals surface area contributed by atoms with E-state index >= 15 is 0 Å². The van der Waals surface area contributed by atoms with Gasteiger partial charge in [0.25, 0.3) is 0 Å². The van der Waals surface area contributed by atoms with Crippen LogP contribution in [0.25, 0.3) is 0 Å². The molecule has 0 aromatic heterocycles. The standard InChI is InChI=1S/C13H18ClNS/c14-12-6-3-7-13(11(12)8-9-15)16-10-4-1-2-5-10/h3,6-7,10H,1-2,4-5,8-9,15H2. The van der Waals surface area contributed by atoms with E-state index < -0.39 is 0 Å². The molecule has 0 atom stereocenters. The molecule has 0 heterocycles. The molecule has 1 aromatic carbocycles. The molecule has 0 aliphatic heterocycles. The summed E-state index contributed by atoms with van der Waals surface area (Å²) in [7, 11) is 0. The third-order valence-electron chi connectivity index (χ3n) is 3.07. The molecule has 3 heteroatoms. The number of rotatable bonds is 4. The highest BCUT2D eigenvalue weighted by Crippen LogP contribution is 2.38. The lowest BCUT2D eigenvalue weighted by Gasteiger charge is -2.14. The summed E-state index contributed by atoms with van der Waals surface area (Å²) >= 11 is 8.22. The van der Waals surface area contributed by atoms with Gasteiger partial charge in [-0.1, -0.05) is 30.5 Å². The summed E-state index contributed by atoms with van der Waals surface area (Å²) in [5.74, 6) is 0. The van der Waals surface area contributed by atoms with Crippen molar-refractivity contribution in [1.29, 1.82) is 0 Å². The molecule has 2 rings (SSSR count). The average molecular weight is 256 g/mol. The summed E-state index contributed by atoms with van der Waals surface area (Å²) in [6, 6.07) is 6.19. The molecule has 1 aliphatic rings. The Balaban J connectivity index is 2.14. The lowest BCUT2D eigenvalue weighted by atomic mass is 10.1. The fraction of sp³-hybridized carbons (Fsp3) is 0.538. The van der Waals surface area contributed by atoms with Gasteiger partial charge in [0, 0.05) is 15.2 Å². The first kappa shape index (κ1) is 12.3. The van der Waals surface area contributed by atoms with Gasteiger partial charge in [-0.25, -0.2) is 0 Å². The molecule has 0 unspecified atom stereocenters. The SMILES string of the molecule is NCCc1c(Cl)cccc1SC1CCCC1. The Hall–Kier alpha value is -0.180. The van der Waals surface area contributed by atoms with E-state index in [0.29, 0.717) is 6.54 Å². The predicted molar refractivity (Wildman–Crippen MR) is 72.3 cm³/mol. The van der Waals surface area contributed by atoms with Crippen LogP contribution in [0.3, 0.4) is 0 Å². The number of halogens is 1. The molecule has 0 amide bonds. The first-order chi connectivity index (χ1) is 7.81. The quantitative estimate of drug-likeness (QED) is 0.884. The van der Waals surface area contributed by atoms with E-state index in [1.54, 1.807) is 0 Å². The van der Waals surface area contributed by atoms with E-state index in [-0.39, 0.29) is 0 Å². The largest absolute Gasteiger partial charge is 0.330 e. The van der Waals surface area contributed by atoms with Crippen molar-refractivity contribution in [1.82, 2.24) is 0 Å². The Labute approximate surface area is 107 Å². The third kappa shape index (κ3) is 2.93. The van der Waals surface area contributed by atoms with Gasteiger partial charge >= 0.3 is 0 Å². The van der Waals surface area contributed by atoms with Gasteiger partial charge in [-0.05, 0) is 43.5 Å². The van der Waals surface area contributed by atoms with E-state index in [2.05, 4.69) is 6.07 Å². The molecule has 1 saturated carbocycles. The van der Waals surface area contributed by atoms with Crippen molar-refractivity contribution in [3.05, 3.63) is 28.8 Å². The number of hydrogen-bond acceptors (Lipinski definition) is 2. The minimum Gasteiger partial charge on any atom is -0.330 e. The van der Waals surface area contributed by atoms with Gasteiger partial charge in [0.05, 0.1) is 0 Å². The summed E-state index contributed by atoms with van der Waals surface area (Å²) in [6.45, 7) is 0.669. The van der Waals surface area contributed by atoms with Gasteiger partial charge in [-0.2, -0.15) is 0 Å². The molecule has 1 aromatic rings. The van der Waals surface area contributed by atoms with Crippen LogP contribution in [0.5, 0.6) is 0 Å². The lowest BCUT2D eigenvalue weighted by Crippen LogP contribution is -2.05. The summed E-state index contributed by atoms with van der Waals surface area (Å²) in [6.07, 6.45) is 6.34. The Bertz CT molecular complexity index is 348. The Morgan fingerprint density at radius 1 is 1.31 bits per heavy atom. The molecule has 1 aliphatic carbocycles. The number of nitrogens with two attached hydrogens (primary N) is 1. The van der Waals surface area contributed by atoms with Crippen LogP contribution in [0, 0.1) is 0 Å². The van der Waals surface area contributed by atoms with Gasteiger partial charge < -0.3 is 5.73 Å². The van der Waals surface area contributed by atoms with Crippen LogP contribution < -0.4 is 5.73 Å². The molecule has 2 N–H and O–H groups in total. The van der Waals surface area contributed by atoms with Crippen molar-refractivity contribution in [2.24, 2.45) is 5.73 Å². The molecule has 0 radical (unpaired) electrons. The fourth-order valence-electron chi connectivity index (χ4n) is 2.22. The smallest absolute Gasteiger partial charge is 0.0449 e. The second-order valence-electron chi connectivity index (χ2n) is 4.28. The van der Waals surface area contributed by atoms with Crippen LogP contribution in [-0.2, 0) is 6.42 Å². The summed E-state index contributed by atoms with van der Waals surface area (Å²) < 4.78 is 0. The zero-order valence-corrected chi connectivity index (χ0v) is 11.0. The highest BCUT2D eigenvalue weighted by molar-refractivity contribution is 8.00. The number of thioether (sulfide) groups is 1. The van der Waals surface area contributed by atoms with Crippen molar-refractivity contribution in [2.45, 2.75) is 42.2 Å². The minimum atomic E-state index is 0.669. The van der Waals surface area contributed by atoms with Crippen molar-refractivity contribution in [3.63, 3.8) is 0 Å². The predicted octanol–water partition coefficient (Wildman–Crippen LogP) is 3.88.